The Morgan fingerprint density at radius 3 is 2.44 bits per heavy atom. The molecule has 0 atom stereocenters. The first-order valence-electron chi connectivity index (χ1n) is 4.85. The molecule has 0 saturated heterocycles. The van der Waals surface area contributed by atoms with E-state index in [4.69, 9.17) is 9.84 Å². The molecule has 16 heavy (non-hydrogen) atoms. The summed E-state index contributed by atoms with van der Waals surface area (Å²) in [5.74, 6) is 0.606. The Morgan fingerprint density at radius 2 is 1.94 bits per heavy atom. The van der Waals surface area contributed by atoms with Gasteiger partial charge in [0.25, 0.3) is 0 Å². The van der Waals surface area contributed by atoms with E-state index < -0.39 is 10.0 Å². The number of methoxy groups -OCH3 is 1. The summed E-state index contributed by atoms with van der Waals surface area (Å²) in [5.41, 5.74) is 0. The smallest absolute Gasteiger partial charge is 0.240 e. The van der Waals surface area contributed by atoms with E-state index in [1.165, 1.54) is 19.2 Å². The Labute approximate surface area is 95.1 Å². The van der Waals surface area contributed by atoms with E-state index in [1.807, 2.05) is 0 Å². The van der Waals surface area contributed by atoms with E-state index in [-0.39, 0.29) is 18.0 Å². The highest BCUT2D eigenvalue weighted by Crippen LogP contribution is 2.14. The van der Waals surface area contributed by atoms with Crippen molar-refractivity contribution in [2.24, 2.45) is 0 Å². The summed E-state index contributed by atoms with van der Waals surface area (Å²) < 4.78 is 30.7. The zero-order chi connectivity index (χ0) is 12.0. The SMILES string of the molecule is COc1ccc(S(=O)(=O)NCCCO)cc1. The van der Waals surface area contributed by atoms with Crippen LogP contribution in [-0.2, 0) is 10.0 Å². The van der Waals surface area contributed by atoms with Gasteiger partial charge in [-0.3, -0.25) is 0 Å². The highest BCUT2D eigenvalue weighted by molar-refractivity contribution is 7.89. The van der Waals surface area contributed by atoms with Crippen LogP contribution in [0.4, 0.5) is 0 Å². The van der Waals surface area contributed by atoms with Crippen molar-refractivity contribution in [2.45, 2.75) is 11.3 Å². The van der Waals surface area contributed by atoms with Crippen LogP contribution in [0.15, 0.2) is 29.2 Å². The molecule has 0 heterocycles. The molecule has 0 aromatic heterocycles. The van der Waals surface area contributed by atoms with Gasteiger partial charge in [0.15, 0.2) is 0 Å². The molecule has 0 saturated carbocycles. The number of hydrogen-bond acceptors (Lipinski definition) is 4. The molecule has 0 spiro atoms. The monoisotopic (exact) mass is 245 g/mol. The molecule has 0 bridgehead atoms. The Balaban J connectivity index is 2.74. The average molecular weight is 245 g/mol. The van der Waals surface area contributed by atoms with Crippen LogP contribution in [-0.4, -0.2) is 33.8 Å². The van der Waals surface area contributed by atoms with E-state index in [1.54, 1.807) is 12.1 Å². The molecule has 0 fully saturated rings. The van der Waals surface area contributed by atoms with E-state index in [2.05, 4.69) is 4.72 Å². The van der Waals surface area contributed by atoms with Gasteiger partial charge >= 0.3 is 0 Å². The van der Waals surface area contributed by atoms with Gasteiger partial charge in [-0.1, -0.05) is 0 Å². The minimum atomic E-state index is -3.47. The minimum Gasteiger partial charge on any atom is -0.497 e. The molecule has 6 heteroatoms. The Hall–Kier alpha value is -1.11. The van der Waals surface area contributed by atoms with E-state index >= 15 is 0 Å². The summed E-state index contributed by atoms with van der Waals surface area (Å²) >= 11 is 0. The van der Waals surface area contributed by atoms with E-state index in [0.717, 1.165) is 0 Å². The fourth-order valence-corrected chi connectivity index (χ4v) is 2.20. The lowest BCUT2D eigenvalue weighted by atomic mass is 10.3. The molecule has 0 aliphatic heterocycles. The van der Waals surface area contributed by atoms with Crippen LogP contribution in [0, 0.1) is 0 Å². The maximum atomic E-state index is 11.7. The molecule has 1 aromatic rings. The van der Waals surface area contributed by atoms with Crippen LogP contribution < -0.4 is 9.46 Å². The van der Waals surface area contributed by atoms with Crippen molar-refractivity contribution in [3.8, 4) is 5.75 Å². The van der Waals surface area contributed by atoms with Gasteiger partial charge in [-0.25, -0.2) is 13.1 Å². The zero-order valence-electron chi connectivity index (χ0n) is 9.01. The number of sulfonamides is 1. The first-order chi connectivity index (χ1) is 7.60. The third kappa shape index (κ3) is 3.48. The molecular weight excluding hydrogens is 230 g/mol. The van der Waals surface area contributed by atoms with Gasteiger partial charge in [0.05, 0.1) is 12.0 Å². The van der Waals surface area contributed by atoms with Crippen LogP contribution in [0.2, 0.25) is 0 Å². The topological polar surface area (TPSA) is 75.6 Å². The average Bonchev–Trinajstić information content (AvgIpc) is 2.29. The molecule has 90 valence electrons. The van der Waals surface area contributed by atoms with Crippen molar-refractivity contribution < 1.29 is 18.3 Å². The lowest BCUT2D eigenvalue weighted by Crippen LogP contribution is -2.25. The molecule has 5 nitrogen and oxygen atoms in total. The fraction of sp³-hybridized carbons (Fsp3) is 0.400. The number of benzene rings is 1. The Kier molecular flexibility index (Phi) is 4.72. The molecule has 0 aliphatic rings. The van der Waals surface area contributed by atoms with Crippen LogP contribution in [0.3, 0.4) is 0 Å². The second-order valence-corrected chi connectivity index (χ2v) is 4.92. The molecule has 1 rings (SSSR count). The van der Waals surface area contributed by atoms with Crippen molar-refractivity contribution in [1.29, 1.82) is 0 Å². The fourth-order valence-electron chi connectivity index (χ4n) is 1.12. The molecule has 2 N–H and O–H groups in total. The molecule has 0 unspecified atom stereocenters. The maximum absolute atomic E-state index is 11.7. The quantitative estimate of drug-likeness (QED) is 0.709. The first kappa shape index (κ1) is 13.0. The van der Waals surface area contributed by atoms with E-state index in [9.17, 15) is 8.42 Å². The maximum Gasteiger partial charge on any atom is 0.240 e. The van der Waals surface area contributed by atoms with Gasteiger partial charge in [-0.15, -0.1) is 0 Å². The van der Waals surface area contributed by atoms with Gasteiger partial charge in [0, 0.05) is 13.2 Å². The highest BCUT2D eigenvalue weighted by atomic mass is 32.2. The standard InChI is InChI=1S/C10H15NO4S/c1-15-9-3-5-10(6-4-9)16(13,14)11-7-2-8-12/h3-6,11-12H,2,7-8H2,1H3. The number of nitrogens with one attached hydrogen (secondary N) is 1. The van der Waals surface area contributed by atoms with Crippen LogP contribution in [0.1, 0.15) is 6.42 Å². The summed E-state index contributed by atoms with van der Waals surface area (Å²) in [7, 11) is -1.96. The lowest BCUT2D eigenvalue weighted by Gasteiger charge is -2.06. The molecular formula is C10H15NO4S. The largest absolute Gasteiger partial charge is 0.497 e. The van der Waals surface area contributed by atoms with Gasteiger partial charge in [0.1, 0.15) is 5.75 Å². The third-order valence-corrected chi connectivity index (χ3v) is 3.47. The van der Waals surface area contributed by atoms with Crippen molar-refractivity contribution in [1.82, 2.24) is 4.72 Å². The number of hydrogen-bond donors (Lipinski definition) is 2. The van der Waals surface area contributed by atoms with Gasteiger partial charge in [-0.05, 0) is 30.7 Å². The number of ether oxygens (including phenoxy) is 1. The number of aliphatic hydroxyl groups is 1. The first-order valence-corrected chi connectivity index (χ1v) is 6.33. The summed E-state index contributed by atoms with van der Waals surface area (Å²) in [6, 6.07) is 6.11. The molecule has 0 aliphatic carbocycles. The van der Waals surface area contributed by atoms with Crippen molar-refractivity contribution in [2.75, 3.05) is 20.3 Å². The van der Waals surface area contributed by atoms with Crippen LogP contribution >= 0.6 is 0 Å². The minimum absolute atomic E-state index is 0.0366. The summed E-state index contributed by atoms with van der Waals surface area (Å²) in [5, 5.41) is 8.55. The van der Waals surface area contributed by atoms with Crippen LogP contribution in [0.5, 0.6) is 5.75 Å². The Bertz CT molecular complexity index is 413. The predicted octanol–water partition coefficient (Wildman–Crippen LogP) is 0.356. The molecule has 0 amide bonds. The van der Waals surface area contributed by atoms with Gasteiger partial charge < -0.3 is 9.84 Å². The highest BCUT2D eigenvalue weighted by Gasteiger charge is 2.12. The normalized spacial score (nSPS) is 11.4. The second-order valence-electron chi connectivity index (χ2n) is 3.15. The lowest BCUT2D eigenvalue weighted by molar-refractivity contribution is 0.289. The molecule has 1 aromatic carbocycles. The summed E-state index contributed by atoms with van der Waals surface area (Å²) in [6.07, 6.45) is 0.398. The van der Waals surface area contributed by atoms with Crippen molar-refractivity contribution in [3.05, 3.63) is 24.3 Å². The summed E-state index contributed by atoms with van der Waals surface area (Å²) in [6.45, 7) is 0.190. The van der Waals surface area contributed by atoms with Crippen LogP contribution in [0.25, 0.3) is 0 Å². The second kappa shape index (κ2) is 5.83. The van der Waals surface area contributed by atoms with Gasteiger partial charge in [0.2, 0.25) is 10.0 Å². The number of rotatable bonds is 6. The molecule has 0 radical (unpaired) electrons. The van der Waals surface area contributed by atoms with Crippen molar-refractivity contribution in [3.63, 3.8) is 0 Å². The zero-order valence-corrected chi connectivity index (χ0v) is 9.83. The van der Waals surface area contributed by atoms with Gasteiger partial charge in [-0.2, -0.15) is 0 Å². The predicted molar refractivity (Wildman–Crippen MR) is 59.9 cm³/mol. The number of aliphatic hydroxyl groups excluding tert-OH is 1. The third-order valence-electron chi connectivity index (χ3n) is 2.00. The van der Waals surface area contributed by atoms with Crippen molar-refractivity contribution >= 4 is 10.0 Å². The van der Waals surface area contributed by atoms with E-state index in [0.29, 0.717) is 12.2 Å². The Morgan fingerprint density at radius 1 is 1.31 bits per heavy atom. The summed E-state index contributed by atoms with van der Waals surface area (Å²) in [4.78, 5) is 0.186.